The summed E-state index contributed by atoms with van der Waals surface area (Å²) in [7, 11) is 0. The quantitative estimate of drug-likeness (QED) is 0.942. The zero-order valence-corrected chi connectivity index (χ0v) is 11.7. The number of halogens is 1. The van der Waals surface area contributed by atoms with E-state index in [2.05, 4.69) is 0 Å². The standard InChI is InChI=1S/C17H16FNO2/c1-2-19-15-8-7-11(9-12(15)10-16(19)20)17(21)13-5-3-4-6-14(13)18/h3-9,17,21H,2,10H2,1H3. The van der Waals surface area contributed by atoms with Gasteiger partial charge in [-0.2, -0.15) is 0 Å². The third kappa shape index (κ3) is 2.32. The maximum Gasteiger partial charge on any atom is 0.231 e. The normalized spacial score (nSPS) is 15.2. The minimum atomic E-state index is -1.03. The molecule has 0 spiro atoms. The second-order valence-corrected chi connectivity index (χ2v) is 5.13. The Hall–Kier alpha value is -2.20. The van der Waals surface area contributed by atoms with Crippen molar-refractivity contribution in [1.29, 1.82) is 0 Å². The summed E-state index contributed by atoms with van der Waals surface area (Å²) < 4.78 is 13.8. The summed E-state index contributed by atoms with van der Waals surface area (Å²) in [5.74, 6) is -0.373. The van der Waals surface area contributed by atoms with E-state index in [1.54, 1.807) is 35.2 Å². The fourth-order valence-electron chi connectivity index (χ4n) is 2.80. The highest BCUT2D eigenvalue weighted by Crippen LogP contribution is 2.33. The van der Waals surface area contributed by atoms with Crippen LogP contribution in [0.5, 0.6) is 0 Å². The van der Waals surface area contributed by atoms with Gasteiger partial charge in [-0.05, 0) is 30.2 Å². The van der Waals surface area contributed by atoms with E-state index in [4.69, 9.17) is 0 Å². The lowest BCUT2D eigenvalue weighted by molar-refractivity contribution is -0.117. The monoisotopic (exact) mass is 285 g/mol. The Morgan fingerprint density at radius 1 is 1.29 bits per heavy atom. The molecule has 0 radical (unpaired) electrons. The summed E-state index contributed by atoms with van der Waals surface area (Å²) in [6.45, 7) is 2.55. The van der Waals surface area contributed by atoms with Crippen LogP contribution in [-0.4, -0.2) is 17.6 Å². The number of likely N-dealkylation sites (N-methyl/N-ethyl adjacent to an activating group) is 1. The van der Waals surface area contributed by atoms with Gasteiger partial charge in [-0.15, -0.1) is 0 Å². The lowest BCUT2D eigenvalue weighted by Crippen LogP contribution is -2.25. The number of anilines is 1. The maximum absolute atomic E-state index is 13.8. The van der Waals surface area contributed by atoms with Crippen LogP contribution >= 0.6 is 0 Å². The number of nitrogens with zero attached hydrogens (tertiary/aromatic N) is 1. The number of amides is 1. The van der Waals surface area contributed by atoms with Crippen molar-refractivity contribution in [3.8, 4) is 0 Å². The van der Waals surface area contributed by atoms with E-state index in [1.807, 2.05) is 13.0 Å². The van der Waals surface area contributed by atoms with Gasteiger partial charge in [0, 0.05) is 17.8 Å². The Bertz CT molecular complexity index is 699. The average molecular weight is 285 g/mol. The molecule has 0 aliphatic carbocycles. The van der Waals surface area contributed by atoms with Gasteiger partial charge >= 0.3 is 0 Å². The zero-order chi connectivity index (χ0) is 15.0. The molecule has 1 atom stereocenters. The van der Waals surface area contributed by atoms with Crippen LogP contribution in [0.15, 0.2) is 42.5 Å². The SMILES string of the molecule is CCN1C(=O)Cc2cc(C(O)c3ccccc3F)ccc21. The van der Waals surface area contributed by atoms with E-state index < -0.39 is 11.9 Å². The summed E-state index contributed by atoms with van der Waals surface area (Å²) in [4.78, 5) is 13.6. The smallest absolute Gasteiger partial charge is 0.231 e. The summed E-state index contributed by atoms with van der Waals surface area (Å²) in [5.41, 5.74) is 2.61. The van der Waals surface area contributed by atoms with E-state index in [0.717, 1.165) is 11.3 Å². The third-order valence-corrected chi connectivity index (χ3v) is 3.87. The molecular formula is C17H16FNO2. The number of fused-ring (bicyclic) bond motifs is 1. The van der Waals surface area contributed by atoms with Crippen LogP contribution in [0.3, 0.4) is 0 Å². The van der Waals surface area contributed by atoms with Crippen LogP contribution in [0.25, 0.3) is 0 Å². The fourth-order valence-corrected chi connectivity index (χ4v) is 2.80. The van der Waals surface area contributed by atoms with Gasteiger partial charge in [-0.1, -0.05) is 30.3 Å². The summed E-state index contributed by atoms with van der Waals surface area (Å²) in [5, 5.41) is 10.4. The predicted molar refractivity (Wildman–Crippen MR) is 78.6 cm³/mol. The van der Waals surface area contributed by atoms with Crippen molar-refractivity contribution in [2.75, 3.05) is 11.4 Å². The highest BCUT2D eigenvalue weighted by atomic mass is 19.1. The highest BCUT2D eigenvalue weighted by Gasteiger charge is 2.27. The third-order valence-electron chi connectivity index (χ3n) is 3.87. The van der Waals surface area contributed by atoms with Gasteiger partial charge in [0.15, 0.2) is 0 Å². The lowest BCUT2D eigenvalue weighted by Gasteiger charge is -2.16. The fraction of sp³-hybridized carbons (Fsp3) is 0.235. The molecule has 4 heteroatoms. The van der Waals surface area contributed by atoms with Gasteiger partial charge in [-0.25, -0.2) is 4.39 Å². The number of hydrogen-bond donors (Lipinski definition) is 1. The summed E-state index contributed by atoms with van der Waals surface area (Å²) in [6, 6.07) is 11.5. The molecule has 1 N–H and O–H groups in total. The first-order chi connectivity index (χ1) is 10.1. The first-order valence-corrected chi connectivity index (χ1v) is 6.97. The number of rotatable bonds is 3. The summed E-state index contributed by atoms with van der Waals surface area (Å²) >= 11 is 0. The molecular weight excluding hydrogens is 269 g/mol. The van der Waals surface area contributed by atoms with E-state index >= 15 is 0 Å². The minimum absolute atomic E-state index is 0.0602. The van der Waals surface area contributed by atoms with Crippen molar-refractivity contribution >= 4 is 11.6 Å². The minimum Gasteiger partial charge on any atom is -0.384 e. The molecule has 0 saturated heterocycles. The van der Waals surface area contributed by atoms with Crippen molar-refractivity contribution < 1.29 is 14.3 Å². The molecule has 1 aliphatic rings. The molecule has 1 aliphatic heterocycles. The Morgan fingerprint density at radius 3 is 2.76 bits per heavy atom. The molecule has 21 heavy (non-hydrogen) atoms. The molecule has 1 heterocycles. The number of carbonyl (C=O) groups excluding carboxylic acids is 1. The molecule has 0 bridgehead atoms. The van der Waals surface area contributed by atoms with Crippen molar-refractivity contribution in [3.63, 3.8) is 0 Å². The van der Waals surface area contributed by atoms with Gasteiger partial charge in [-0.3, -0.25) is 4.79 Å². The number of benzene rings is 2. The molecule has 1 unspecified atom stereocenters. The molecule has 1 amide bonds. The van der Waals surface area contributed by atoms with Crippen LogP contribution in [0, 0.1) is 5.82 Å². The molecule has 3 nitrogen and oxygen atoms in total. The van der Waals surface area contributed by atoms with Crippen molar-refractivity contribution in [2.24, 2.45) is 0 Å². The largest absolute Gasteiger partial charge is 0.384 e. The van der Waals surface area contributed by atoms with Gasteiger partial charge in [0.05, 0.1) is 6.42 Å². The maximum atomic E-state index is 13.8. The first kappa shape index (κ1) is 13.8. The van der Waals surface area contributed by atoms with Crippen LogP contribution in [0.1, 0.15) is 29.7 Å². The van der Waals surface area contributed by atoms with Crippen molar-refractivity contribution in [1.82, 2.24) is 0 Å². The summed E-state index contributed by atoms with van der Waals surface area (Å²) in [6.07, 6.45) is -0.691. The van der Waals surface area contributed by atoms with Gasteiger partial charge in [0.25, 0.3) is 0 Å². The van der Waals surface area contributed by atoms with E-state index in [9.17, 15) is 14.3 Å². The first-order valence-electron chi connectivity index (χ1n) is 6.97. The average Bonchev–Trinajstić information content (AvgIpc) is 2.81. The molecule has 2 aromatic rings. The van der Waals surface area contributed by atoms with Gasteiger partial charge in [0.1, 0.15) is 11.9 Å². The van der Waals surface area contributed by atoms with Crippen molar-refractivity contribution in [3.05, 3.63) is 65.0 Å². The Labute approximate surface area is 122 Å². The Kier molecular flexibility index (Phi) is 3.47. The van der Waals surface area contributed by atoms with Crippen LogP contribution < -0.4 is 4.90 Å². The zero-order valence-electron chi connectivity index (χ0n) is 11.7. The van der Waals surface area contributed by atoms with Crippen LogP contribution in [-0.2, 0) is 11.2 Å². The van der Waals surface area contributed by atoms with E-state index in [1.165, 1.54) is 6.07 Å². The molecule has 3 rings (SSSR count). The molecule has 0 fully saturated rings. The van der Waals surface area contributed by atoms with Gasteiger partial charge < -0.3 is 10.0 Å². The molecule has 108 valence electrons. The molecule has 0 saturated carbocycles. The number of aliphatic hydroxyl groups excluding tert-OH is 1. The topological polar surface area (TPSA) is 40.5 Å². The molecule has 0 aromatic heterocycles. The molecule has 2 aromatic carbocycles. The second-order valence-electron chi connectivity index (χ2n) is 5.13. The Balaban J connectivity index is 1.97. The van der Waals surface area contributed by atoms with E-state index in [-0.39, 0.29) is 11.5 Å². The van der Waals surface area contributed by atoms with Crippen molar-refractivity contribution in [2.45, 2.75) is 19.4 Å². The number of hydrogen-bond acceptors (Lipinski definition) is 2. The highest BCUT2D eigenvalue weighted by molar-refractivity contribution is 6.01. The van der Waals surface area contributed by atoms with E-state index in [0.29, 0.717) is 18.5 Å². The number of carbonyl (C=O) groups is 1. The predicted octanol–water partition coefficient (Wildman–Crippen LogP) is 2.82. The Morgan fingerprint density at radius 2 is 2.05 bits per heavy atom. The van der Waals surface area contributed by atoms with Gasteiger partial charge in [0.2, 0.25) is 5.91 Å². The number of aliphatic hydroxyl groups is 1. The van der Waals surface area contributed by atoms with Crippen LogP contribution in [0.2, 0.25) is 0 Å². The second kappa shape index (κ2) is 5.30. The lowest BCUT2D eigenvalue weighted by atomic mass is 9.98. The van der Waals surface area contributed by atoms with Crippen LogP contribution in [0.4, 0.5) is 10.1 Å².